The number of benzene rings is 2. The quantitative estimate of drug-likeness (QED) is 0.788. The molecule has 0 saturated heterocycles. The lowest BCUT2D eigenvalue weighted by Crippen LogP contribution is -2.35. The predicted molar refractivity (Wildman–Crippen MR) is 112 cm³/mol. The van der Waals surface area contributed by atoms with Crippen LogP contribution in [0.1, 0.15) is 49.2 Å². The van der Waals surface area contributed by atoms with E-state index in [0.717, 1.165) is 12.0 Å². The van der Waals surface area contributed by atoms with E-state index in [2.05, 4.69) is 9.71 Å². The molecule has 1 amide bonds. The lowest BCUT2D eigenvalue weighted by Gasteiger charge is -2.29. The number of nitrogens with zero attached hydrogens (tertiary/aromatic N) is 2. The zero-order valence-electron chi connectivity index (χ0n) is 15.9. The van der Waals surface area contributed by atoms with E-state index in [4.69, 9.17) is 11.6 Å². The van der Waals surface area contributed by atoms with Gasteiger partial charge in [-0.1, -0.05) is 30.7 Å². The molecule has 1 aliphatic heterocycles. The van der Waals surface area contributed by atoms with Crippen molar-refractivity contribution in [3.63, 3.8) is 0 Å². The largest absolute Gasteiger partial charge is 0.346 e. The molecule has 1 aliphatic rings. The van der Waals surface area contributed by atoms with Gasteiger partial charge >= 0.3 is 0 Å². The van der Waals surface area contributed by atoms with Crippen molar-refractivity contribution >= 4 is 39.1 Å². The van der Waals surface area contributed by atoms with Crippen LogP contribution < -0.4 is 10.2 Å². The van der Waals surface area contributed by atoms with Crippen molar-refractivity contribution in [2.75, 3.05) is 11.4 Å². The van der Waals surface area contributed by atoms with Gasteiger partial charge in [-0.15, -0.1) is 4.40 Å². The number of sulfonamides is 1. The first-order valence-corrected chi connectivity index (χ1v) is 10.8. The van der Waals surface area contributed by atoms with Crippen molar-refractivity contribution in [3.8, 4) is 0 Å². The maximum absolute atomic E-state index is 12.7. The molecule has 8 heteroatoms. The third kappa shape index (κ3) is 4.05. The number of amidine groups is 1. The summed E-state index contributed by atoms with van der Waals surface area (Å²) in [5, 5.41) is 3.51. The molecule has 0 spiro atoms. The summed E-state index contributed by atoms with van der Waals surface area (Å²) < 4.78 is 28.9. The summed E-state index contributed by atoms with van der Waals surface area (Å²) in [5.41, 5.74) is 1.73. The Hall–Kier alpha value is -2.38. The molecule has 2 aromatic carbocycles. The van der Waals surface area contributed by atoms with Crippen molar-refractivity contribution in [1.29, 1.82) is 0 Å². The minimum absolute atomic E-state index is 0.0540. The Morgan fingerprint density at radius 1 is 1.21 bits per heavy atom. The molecule has 6 nitrogen and oxygen atoms in total. The Morgan fingerprint density at radius 2 is 1.89 bits per heavy atom. The molecule has 3 rings (SSSR count). The lowest BCUT2D eigenvalue weighted by atomic mass is 10.1. The highest BCUT2D eigenvalue weighted by atomic mass is 35.5. The third-order valence-corrected chi connectivity index (χ3v) is 6.24. The van der Waals surface area contributed by atoms with Gasteiger partial charge in [-0.3, -0.25) is 4.79 Å². The van der Waals surface area contributed by atoms with E-state index in [1.54, 1.807) is 31.2 Å². The maximum atomic E-state index is 12.7. The number of halogens is 1. The van der Waals surface area contributed by atoms with E-state index in [1.807, 2.05) is 30.9 Å². The summed E-state index contributed by atoms with van der Waals surface area (Å²) in [6.45, 7) is 6.19. The number of rotatable bonds is 5. The van der Waals surface area contributed by atoms with Crippen LogP contribution in [-0.2, 0) is 10.0 Å². The third-order valence-electron chi connectivity index (χ3n) is 4.60. The second-order valence-electron chi connectivity index (χ2n) is 6.69. The van der Waals surface area contributed by atoms with Crippen LogP contribution in [-0.4, -0.2) is 26.7 Å². The van der Waals surface area contributed by atoms with Gasteiger partial charge in [-0.2, -0.15) is 8.42 Å². The highest BCUT2D eigenvalue weighted by Crippen LogP contribution is 2.32. The van der Waals surface area contributed by atoms with Gasteiger partial charge in [0.15, 0.2) is 0 Å². The molecule has 1 heterocycles. The summed E-state index contributed by atoms with van der Waals surface area (Å²) in [6.07, 6.45) is 0.840. The predicted octanol–water partition coefficient (Wildman–Crippen LogP) is 4.17. The van der Waals surface area contributed by atoms with Gasteiger partial charge in [0.2, 0.25) is 0 Å². The molecule has 0 radical (unpaired) electrons. The average Bonchev–Trinajstić information content (AvgIpc) is 2.65. The first-order chi connectivity index (χ1) is 13.2. The molecule has 1 atom stereocenters. The monoisotopic (exact) mass is 419 g/mol. The summed E-state index contributed by atoms with van der Waals surface area (Å²) in [5.74, 6) is 0.0803. The molecule has 0 bridgehead atoms. The van der Waals surface area contributed by atoms with E-state index in [9.17, 15) is 13.2 Å². The smallest absolute Gasteiger partial charge is 0.286 e. The highest BCUT2D eigenvalue weighted by molar-refractivity contribution is 7.90. The van der Waals surface area contributed by atoms with Crippen molar-refractivity contribution in [1.82, 2.24) is 5.32 Å². The summed E-state index contributed by atoms with van der Waals surface area (Å²) in [7, 11) is -3.83. The lowest BCUT2D eigenvalue weighted by molar-refractivity contribution is 0.0939. The molecule has 0 fully saturated rings. The number of hydrogen-bond acceptors (Lipinski definition) is 4. The van der Waals surface area contributed by atoms with Crippen LogP contribution in [0.4, 0.5) is 5.69 Å². The Labute approximate surface area is 170 Å². The zero-order valence-corrected chi connectivity index (χ0v) is 17.5. The van der Waals surface area contributed by atoms with Crippen LogP contribution in [0.15, 0.2) is 51.8 Å². The number of carbonyl (C=O) groups is 1. The van der Waals surface area contributed by atoms with Gasteiger partial charge in [0.25, 0.3) is 15.9 Å². The van der Waals surface area contributed by atoms with Crippen LogP contribution in [0.25, 0.3) is 0 Å². The van der Waals surface area contributed by atoms with Crippen LogP contribution in [0.2, 0.25) is 5.02 Å². The van der Waals surface area contributed by atoms with Crippen LogP contribution >= 0.6 is 11.6 Å². The molecule has 0 saturated carbocycles. The normalized spacial score (nSPS) is 16.1. The van der Waals surface area contributed by atoms with E-state index in [0.29, 0.717) is 23.1 Å². The summed E-state index contributed by atoms with van der Waals surface area (Å²) >= 11 is 5.90. The van der Waals surface area contributed by atoms with Gasteiger partial charge in [0, 0.05) is 17.1 Å². The highest BCUT2D eigenvalue weighted by Gasteiger charge is 2.29. The Bertz CT molecular complexity index is 1030. The van der Waals surface area contributed by atoms with Crippen molar-refractivity contribution in [2.24, 2.45) is 4.40 Å². The van der Waals surface area contributed by atoms with Crippen LogP contribution in [0.3, 0.4) is 0 Å². The number of amides is 1. The standard InChI is InChI=1S/C20H22ClN3O3S/c1-4-11-24-14(3)23-28(26,27)19-12-16(7-10-18(19)24)20(25)22-13(2)15-5-8-17(21)9-6-15/h5-10,12-13H,4,11H2,1-3H3,(H,22,25)/t13-/m0/s1. The Balaban J connectivity index is 1.89. The number of nitrogens with one attached hydrogen (secondary N) is 1. The molecule has 2 aromatic rings. The molecular formula is C20H22ClN3O3S. The Kier molecular flexibility index (Phi) is 5.76. The fourth-order valence-electron chi connectivity index (χ4n) is 3.15. The molecule has 28 heavy (non-hydrogen) atoms. The number of hydrogen-bond donors (Lipinski definition) is 1. The maximum Gasteiger partial charge on any atom is 0.286 e. The topological polar surface area (TPSA) is 78.8 Å². The van der Waals surface area contributed by atoms with Crippen molar-refractivity contribution < 1.29 is 13.2 Å². The first-order valence-electron chi connectivity index (χ1n) is 9.02. The van der Waals surface area contributed by atoms with E-state index in [1.165, 1.54) is 6.07 Å². The molecule has 0 unspecified atom stereocenters. The SMILES string of the molecule is CCCN1C(C)=NS(=O)(=O)c2cc(C(=O)N[C@@H](C)c3ccc(Cl)cc3)ccc21. The van der Waals surface area contributed by atoms with Gasteiger partial charge < -0.3 is 10.2 Å². The molecule has 0 aliphatic carbocycles. The van der Waals surface area contributed by atoms with Gasteiger partial charge in [-0.05, 0) is 56.2 Å². The number of anilines is 1. The second kappa shape index (κ2) is 7.93. The number of carbonyl (C=O) groups excluding carboxylic acids is 1. The average molecular weight is 420 g/mol. The van der Waals surface area contributed by atoms with Gasteiger partial charge in [0.1, 0.15) is 10.7 Å². The molecule has 1 N–H and O–H groups in total. The van der Waals surface area contributed by atoms with E-state index >= 15 is 0 Å². The second-order valence-corrected chi connectivity index (χ2v) is 8.70. The van der Waals surface area contributed by atoms with E-state index in [-0.39, 0.29) is 22.4 Å². The van der Waals surface area contributed by atoms with Crippen molar-refractivity contribution in [2.45, 2.75) is 38.1 Å². The number of fused-ring (bicyclic) bond motifs is 1. The molecule has 148 valence electrons. The Morgan fingerprint density at radius 3 is 2.54 bits per heavy atom. The first kappa shape index (κ1) is 20.4. The molecule has 0 aromatic heterocycles. The van der Waals surface area contributed by atoms with Gasteiger partial charge in [0.05, 0.1) is 11.7 Å². The molecular weight excluding hydrogens is 398 g/mol. The summed E-state index contributed by atoms with van der Waals surface area (Å²) in [6, 6.07) is 11.6. The minimum atomic E-state index is -3.83. The van der Waals surface area contributed by atoms with E-state index < -0.39 is 10.0 Å². The van der Waals surface area contributed by atoms with Gasteiger partial charge in [-0.25, -0.2) is 0 Å². The van der Waals surface area contributed by atoms with Crippen LogP contribution in [0.5, 0.6) is 0 Å². The summed E-state index contributed by atoms with van der Waals surface area (Å²) in [4.78, 5) is 14.6. The fourth-order valence-corrected chi connectivity index (χ4v) is 4.54. The van der Waals surface area contributed by atoms with Crippen molar-refractivity contribution in [3.05, 3.63) is 58.6 Å². The van der Waals surface area contributed by atoms with Crippen LogP contribution in [0, 0.1) is 0 Å². The minimum Gasteiger partial charge on any atom is -0.346 e. The zero-order chi connectivity index (χ0) is 20.5. The fraction of sp³-hybridized carbons (Fsp3) is 0.300.